The van der Waals surface area contributed by atoms with Gasteiger partial charge in [-0.3, -0.25) is 4.79 Å². The van der Waals surface area contributed by atoms with E-state index in [1.54, 1.807) is 11.3 Å². The number of amides is 1. The number of hydrogen-bond acceptors (Lipinski definition) is 4. The first-order chi connectivity index (χ1) is 9.58. The van der Waals surface area contributed by atoms with Crippen LogP contribution in [0.25, 0.3) is 11.3 Å². The Kier molecular flexibility index (Phi) is 4.87. The number of nitrogens with one attached hydrogen (secondary N) is 1. The van der Waals surface area contributed by atoms with Crippen LogP contribution in [-0.4, -0.2) is 17.4 Å². The van der Waals surface area contributed by atoms with Crippen molar-refractivity contribution in [2.75, 3.05) is 11.9 Å². The number of anilines is 1. The molecule has 0 aliphatic carbocycles. The van der Waals surface area contributed by atoms with Crippen LogP contribution in [0.2, 0.25) is 0 Å². The number of rotatable bonds is 5. The maximum absolute atomic E-state index is 11.9. The van der Waals surface area contributed by atoms with Gasteiger partial charge in [0, 0.05) is 23.1 Å². The molecule has 3 N–H and O–H groups in total. The Labute approximate surface area is 123 Å². The second-order valence-corrected chi connectivity index (χ2v) is 5.99. The zero-order valence-electron chi connectivity index (χ0n) is 11.7. The second-order valence-electron chi connectivity index (χ2n) is 4.93. The largest absolute Gasteiger partial charge is 0.330 e. The minimum atomic E-state index is -0.00504. The number of nitrogens with two attached hydrogens (primary N) is 1. The zero-order chi connectivity index (χ0) is 14.5. The summed E-state index contributed by atoms with van der Waals surface area (Å²) in [6, 6.07) is 7.74. The molecule has 5 heteroatoms. The van der Waals surface area contributed by atoms with Crippen molar-refractivity contribution in [1.29, 1.82) is 0 Å². The molecular formula is C15H19N3OS. The number of carbonyl (C=O) groups is 1. The number of aromatic nitrogens is 1. The fourth-order valence-electron chi connectivity index (χ4n) is 1.86. The molecule has 0 saturated heterocycles. The summed E-state index contributed by atoms with van der Waals surface area (Å²) in [4.78, 5) is 16.3. The average molecular weight is 289 g/mol. The Balaban J connectivity index is 2.08. The van der Waals surface area contributed by atoms with Gasteiger partial charge in [-0.2, -0.15) is 0 Å². The Hall–Kier alpha value is -1.72. The molecule has 0 fully saturated rings. The minimum absolute atomic E-state index is 0.00504. The van der Waals surface area contributed by atoms with Crippen LogP contribution in [0.15, 0.2) is 29.6 Å². The molecule has 0 spiro atoms. The molecule has 0 saturated carbocycles. The third kappa shape index (κ3) is 3.88. The van der Waals surface area contributed by atoms with Crippen molar-refractivity contribution in [3.63, 3.8) is 0 Å². The van der Waals surface area contributed by atoms with Gasteiger partial charge in [-0.15, -0.1) is 11.3 Å². The third-order valence-electron chi connectivity index (χ3n) is 3.00. The maximum atomic E-state index is 11.9. The first-order valence-electron chi connectivity index (χ1n) is 6.61. The highest BCUT2D eigenvalue weighted by Crippen LogP contribution is 2.24. The summed E-state index contributed by atoms with van der Waals surface area (Å²) >= 11 is 1.62. The first-order valence-corrected chi connectivity index (χ1v) is 7.49. The van der Waals surface area contributed by atoms with Crippen LogP contribution in [-0.2, 0) is 4.79 Å². The number of aryl methyl sites for hydroxylation is 1. The van der Waals surface area contributed by atoms with Gasteiger partial charge in [0.25, 0.3) is 0 Å². The summed E-state index contributed by atoms with van der Waals surface area (Å²) in [5, 5.41) is 5.96. The molecule has 2 rings (SSSR count). The molecular weight excluding hydrogens is 270 g/mol. The Morgan fingerprint density at radius 2 is 2.30 bits per heavy atom. The Bertz CT molecular complexity index is 594. The molecule has 106 valence electrons. The van der Waals surface area contributed by atoms with Gasteiger partial charge in [-0.1, -0.05) is 19.1 Å². The number of carbonyl (C=O) groups excluding carboxylic acids is 1. The highest BCUT2D eigenvalue weighted by Gasteiger charge is 2.09. The van der Waals surface area contributed by atoms with E-state index in [4.69, 9.17) is 5.73 Å². The van der Waals surface area contributed by atoms with Crippen LogP contribution in [0.5, 0.6) is 0 Å². The quantitative estimate of drug-likeness (QED) is 0.889. The normalized spacial score (nSPS) is 12.2. The third-order valence-corrected chi connectivity index (χ3v) is 3.77. The summed E-state index contributed by atoms with van der Waals surface area (Å²) in [7, 11) is 0. The maximum Gasteiger partial charge on any atom is 0.224 e. The van der Waals surface area contributed by atoms with Gasteiger partial charge in [0.1, 0.15) is 0 Å². The van der Waals surface area contributed by atoms with Gasteiger partial charge in [0.2, 0.25) is 5.91 Å². The lowest BCUT2D eigenvalue weighted by Gasteiger charge is -2.09. The van der Waals surface area contributed by atoms with Crippen LogP contribution in [0.4, 0.5) is 5.69 Å². The van der Waals surface area contributed by atoms with E-state index in [-0.39, 0.29) is 11.8 Å². The topological polar surface area (TPSA) is 68.0 Å². The summed E-state index contributed by atoms with van der Waals surface area (Å²) < 4.78 is 0. The van der Waals surface area contributed by atoms with Crippen molar-refractivity contribution in [2.24, 2.45) is 11.7 Å². The molecule has 1 aromatic heterocycles. The molecule has 0 aliphatic rings. The van der Waals surface area contributed by atoms with Crippen molar-refractivity contribution < 1.29 is 4.79 Å². The second kappa shape index (κ2) is 6.63. The van der Waals surface area contributed by atoms with E-state index in [1.807, 2.05) is 43.5 Å². The lowest BCUT2D eigenvalue weighted by molar-refractivity contribution is -0.116. The lowest BCUT2D eigenvalue weighted by Crippen LogP contribution is -2.20. The molecule has 0 aliphatic heterocycles. The fraction of sp³-hybridized carbons (Fsp3) is 0.333. The van der Waals surface area contributed by atoms with Crippen LogP contribution in [0, 0.1) is 12.8 Å². The van der Waals surface area contributed by atoms with Crippen molar-refractivity contribution in [3.05, 3.63) is 34.7 Å². The van der Waals surface area contributed by atoms with Gasteiger partial charge in [-0.05, 0) is 31.5 Å². The van der Waals surface area contributed by atoms with E-state index in [0.29, 0.717) is 13.0 Å². The monoisotopic (exact) mass is 289 g/mol. The predicted molar refractivity (Wildman–Crippen MR) is 83.8 cm³/mol. The molecule has 1 atom stereocenters. The Morgan fingerprint density at radius 1 is 1.50 bits per heavy atom. The summed E-state index contributed by atoms with van der Waals surface area (Å²) in [6.45, 7) is 4.47. The van der Waals surface area contributed by atoms with Crippen LogP contribution >= 0.6 is 11.3 Å². The highest BCUT2D eigenvalue weighted by atomic mass is 32.1. The van der Waals surface area contributed by atoms with Crippen molar-refractivity contribution in [1.82, 2.24) is 4.98 Å². The standard InChI is InChI=1S/C15H19N3OS/c1-10(8-16)6-15(19)18-13-5-3-4-12(7-13)14-9-20-11(2)17-14/h3-5,7,9-10H,6,8,16H2,1-2H3,(H,18,19). The van der Waals surface area contributed by atoms with Gasteiger partial charge >= 0.3 is 0 Å². The van der Waals surface area contributed by atoms with Crippen LogP contribution in [0.3, 0.4) is 0 Å². The van der Waals surface area contributed by atoms with E-state index in [1.165, 1.54) is 0 Å². The van der Waals surface area contributed by atoms with Gasteiger partial charge in [-0.25, -0.2) is 4.98 Å². The summed E-state index contributed by atoms with van der Waals surface area (Å²) in [5.74, 6) is 0.189. The SMILES string of the molecule is Cc1nc(-c2cccc(NC(=O)CC(C)CN)c2)cs1. The van der Waals surface area contributed by atoms with Gasteiger partial charge in [0.15, 0.2) is 0 Å². The molecule has 4 nitrogen and oxygen atoms in total. The fourth-order valence-corrected chi connectivity index (χ4v) is 2.49. The van der Waals surface area contributed by atoms with E-state index in [9.17, 15) is 4.79 Å². The van der Waals surface area contributed by atoms with Gasteiger partial charge in [0.05, 0.1) is 10.7 Å². The molecule has 1 aromatic carbocycles. The van der Waals surface area contributed by atoms with E-state index in [0.717, 1.165) is 22.0 Å². The minimum Gasteiger partial charge on any atom is -0.330 e. The Morgan fingerprint density at radius 3 is 2.95 bits per heavy atom. The summed E-state index contributed by atoms with van der Waals surface area (Å²) in [5.41, 5.74) is 8.28. The molecule has 0 radical (unpaired) electrons. The van der Waals surface area contributed by atoms with E-state index in [2.05, 4.69) is 10.3 Å². The van der Waals surface area contributed by atoms with Crippen LogP contribution in [0.1, 0.15) is 18.4 Å². The highest BCUT2D eigenvalue weighted by molar-refractivity contribution is 7.09. The smallest absolute Gasteiger partial charge is 0.224 e. The van der Waals surface area contributed by atoms with E-state index >= 15 is 0 Å². The van der Waals surface area contributed by atoms with Crippen molar-refractivity contribution in [3.8, 4) is 11.3 Å². The molecule has 0 bridgehead atoms. The van der Waals surface area contributed by atoms with Crippen molar-refractivity contribution >= 4 is 22.9 Å². The van der Waals surface area contributed by atoms with Crippen molar-refractivity contribution in [2.45, 2.75) is 20.3 Å². The summed E-state index contributed by atoms with van der Waals surface area (Å²) in [6.07, 6.45) is 0.441. The van der Waals surface area contributed by atoms with Crippen LogP contribution < -0.4 is 11.1 Å². The molecule has 1 heterocycles. The predicted octanol–water partition coefficient (Wildman–Crippen LogP) is 3.04. The average Bonchev–Trinajstić information content (AvgIpc) is 2.85. The molecule has 20 heavy (non-hydrogen) atoms. The van der Waals surface area contributed by atoms with E-state index < -0.39 is 0 Å². The lowest BCUT2D eigenvalue weighted by atomic mass is 10.1. The number of nitrogens with zero attached hydrogens (tertiary/aromatic N) is 1. The van der Waals surface area contributed by atoms with Gasteiger partial charge < -0.3 is 11.1 Å². The number of thiazole rings is 1. The zero-order valence-corrected chi connectivity index (χ0v) is 12.5. The molecule has 2 aromatic rings. The molecule has 1 amide bonds. The molecule has 1 unspecified atom stereocenters. The first kappa shape index (κ1) is 14.7. The number of hydrogen-bond donors (Lipinski definition) is 2. The number of benzene rings is 1.